The van der Waals surface area contributed by atoms with Gasteiger partial charge in [-0.25, -0.2) is 4.39 Å². The minimum Gasteiger partial charge on any atom is -0.497 e. The maximum absolute atomic E-state index is 13.3. The summed E-state index contributed by atoms with van der Waals surface area (Å²) in [6, 6.07) is 21.3. The Balaban J connectivity index is 2.09. The van der Waals surface area contributed by atoms with Gasteiger partial charge in [-0.05, 0) is 60.7 Å². The van der Waals surface area contributed by atoms with Crippen LogP contribution < -0.4 is 9.64 Å². The number of amides is 1. The number of hydrogen-bond donors (Lipinski definition) is 1. The number of carbonyl (C=O) groups excluding carboxylic acids is 1. The molecule has 1 amide bonds. The van der Waals surface area contributed by atoms with Gasteiger partial charge in [-0.1, -0.05) is 18.2 Å². The number of para-hydroxylation sites is 1. The second-order valence-electron chi connectivity index (χ2n) is 5.69. The molecule has 0 saturated carbocycles. The molecular formula is C22H17FN2O2. The van der Waals surface area contributed by atoms with Gasteiger partial charge in [0.1, 0.15) is 17.3 Å². The molecule has 0 unspecified atom stereocenters. The van der Waals surface area contributed by atoms with Crippen LogP contribution in [0.15, 0.2) is 78.9 Å². The fourth-order valence-corrected chi connectivity index (χ4v) is 2.65. The average Bonchev–Trinajstić information content (AvgIpc) is 2.73. The van der Waals surface area contributed by atoms with Crippen LogP contribution in [0.1, 0.15) is 15.9 Å². The monoisotopic (exact) mass is 360 g/mol. The maximum atomic E-state index is 13.3. The third-order valence-electron chi connectivity index (χ3n) is 4.01. The van der Waals surface area contributed by atoms with E-state index in [1.807, 2.05) is 6.07 Å². The number of nitrogens with zero attached hydrogens (tertiary/aromatic N) is 1. The van der Waals surface area contributed by atoms with Gasteiger partial charge >= 0.3 is 0 Å². The zero-order valence-corrected chi connectivity index (χ0v) is 14.6. The van der Waals surface area contributed by atoms with E-state index in [9.17, 15) is 9.18 Å². The van der Waals surface area contributed by atoms with E-state index in [4.69, 9.17) is 10.1 Å². The summed E-state index contributed by atoms with van der Waals surface area (Å²) >= 11 is 0. The summed E-state index contributed by atoms with van der Waals surface area (Å²) in [6.45, 7) is 0. The zero-order valence-electron chi connectivity index (χ0n) is 14.6. The predicted molar refractivity (Wildman–Crippen MR) is 104 cm³/mol. The second-order valence-corrected chi connectivity index (χ2v) is 5.69. The third-order valence-corrected chi connectivity index (χ3v) is 4.01. The molecular weight excluding hydrogens is 343 g/mol. The zero-order chi connectivity index (χ0) is 19.2. The lowest BCUT2D eigenvalue weighted by atomic mass is 10.1. The van der Waals surface area contributed by atoms with Crippen molar-refractivity contribution in [2.45, 2.75) is 0 Å². The van der Waals surface area contributed by atoms with Crippen molar-refractivity contribution in [1.82, 2.24) is 0 Å². The molecule has 0 atom stereocenters. The SMILES string of the molecule is COc1ccc(C(=C=N)N(C(=O)c2ccc(F)cc2)c2ccccc2)cc1. The summed E-state index contributed by atoms with van der Waals surface area (Å²) in [7, 11) is 1.57. The van der Waals surface area contributed by atoms with Gasteiger partial charge in [0.05, 0.1) is 7.11 Å². The number of hydrogen-bond acceptors (Lipinski definition) is 3. The Morgan fingerprint density at radius 1 is 0.926 bits per heavy atom. The van der Waals surface area contributed by atoms with Gasteiger partial charge in [-0.15, -0.1) is 0 Å². The Kier molecular flexibility index (Phi) is 5.45. The van der Waals surface area contributed by atoms with E-state index in [2.05, 4.69) is 5.87 Å². The number of anilines is 1. The second kappa shape index (κ2) is 8.13. The minimum atomic E-state index is -0.421. The number of carbonyl (C=O) groups is 1. The van der Waals surface area contributed by atoms with E-state index in [1.54, 1.807) is 55.6 Å². The summed E-state index contributed by atoms with van der Waals surface area (Å²) in [4.78, 5) is 14.6. The highest BCUT2D eigenvalue weighted by Gasteiger charge is 2.23. The van der Waals surface area contributed by atoms with Gasteiger partial charge in [-0.3, -0.25) is 15.1 Å². The van der Waals surface area contributed by atoms with E-state index in [1.165, 1.54) is 29.2 Å². The quantitative estimate of drug-likeness (QED) is 0.666. The van der Waals surface area contributed by atoms with Crippen LogP contribution in [0.5, 0.6) is 5.75 Å². The number of methoxy groups -OCH3 is 1. The van der Waals surface area contributed by atoms with Crippen molar-refractivity contribution >= 4 is 23.2 Å². The van der Waals surface area contributed by atoms with Crippen molar-refractivity contribution in [3.05, 3.63) is 95.8 Å². The molecule has 1 N–H and O–H groups in total. The molecule has 5 heteroatoms. The lowest BCUT2D eigenvalue weighted by molar-refractivity contribution is 0.100. The average molecular weight is 360 g/mol. The lowest BCUT2D eigenvalue weighted by Crippen LogP contribution is -2.29. The number of benzene rings is 3. The van der Waals surface area contributed by atoms with Crippen LogP contribution in [-0.2, 0) is 0 Å². The topological polar surface area (TPSA) is 53.4 Å². The van der Waals surface area contributed by atoms with Crippen LogP contribution in [0, 0.1) is 11.2 Å². The van der Waals surface area contributed by atoms with Gasteiger partial charge in [0.2, 0.25) is 0 Å². The highest BCUT2D eigenvalue weighted by Crippen LogP contribution is 2.28. The van der Waals surface area contributed by atoms with Crippen LogP contribution in [0.4, 0.5) is 10.1 Å². The highest BCUT2D eigenvalue weighted by molar-refractivity contribution is 6.18. The first kappa shape index (κ1) is 18.1. The summed E-state index contributed by atoms with van der Waals surface area (Å²) in [6.07, 6.45) is 0. The standard InChI is InChI=1S/C22H17FN2O2/c1-27-20-13-9-16(10-14-20)21(15-24)25(19-5-3-2-4-6-19)22(26)17-7-11-18(23)12-8-17/h2-14,24H,1H3. The molecule has 0 heterocycles. The molecule has 0 radical (unpaired) electrons. The first-order valence-electron chi connectivity index (χ1n) is 8.23. The van der Waals surface area contributed by atoms with Crippen molar-refractivity contribution in [1.29, 1.82) is 5.41 Å². The number of rotatable bonds is 5. The molecule has 3 aromatic carbocycles. The Labute approximate surface area is 156 Å². The Bertz CT molecular complexity index is 977. The van der Waals surface area contributed by atoms with Gasteiger partial charge in [0.15, 0.2) is 0 Å². The molecule has 0 bridgehead atoms. The van der Waals surface area contributed by atoms with Crippen LogP contribution in [0.25, 0.3) is 5.70 Å². The van der Waals surface area contributed by atoms with E-state index in [0.717, 1.165) is 0 Å². The normalized spacial score (nSPS) is 10.0. The number of nitrogens with one attached hydrogen (secondary N) is 1. The Morgan fingerprint density at radius 3 is 2.07 bits per heavy atom. The molecule has 0 aromatic heterocycles. The molecule has 4 nitrogen and oxygen atoms in total. The van der Waals surface area contributed by atoms with Crippen molar-refractivity contribution in [2.75, 3.05) is 12.0 Å². The number of halogens is 1. The van der Waals surface area contributed by atoms with Gasteiger partial charge in [0, 0.05) is 22.7 Å². The molecule has 134 valence electrons. The molecule has 3 aromatic rings. The fourth-order valence-electron chi connectivity index (χ4n) is 2.65. The van der Waals surface area contributed by atoms with Crippen molar-refractivity contribution < 1.29 is 13.9 Å². The Morgan fingerprint density at radius 2 is 1.52 bits per heavy atom. The van der Waals surface area contributed by atoms with Gasteiger partial charge in [-0.2, -0.15) is 0 Å². The van der Waals surface area contributed by atoms with Crippen molar-refractivity contribution in [2.24, 2.45) is 0 Å². The molecule has 0 spiro atoms. The van der Waals surface area contributed by atoms with Crippen molar-refractivity contribution in [3.8, 4) is 5.75 Å². The molecule has 3 rings (SSSR count). The summed E-state index contributed by atoms with van der Waals surface area (Å²) in [5, 5.41) is 7.79. The maximum Gasteiger partial charge on any atom is 0.263 e. The molecule has 0 aliphatic heterocycles. The fraction of sp³-hybridized carbons (Fsp3) is 0.0455. The summed E-state index contributed by atoms with van der Waals surface area (Å²) < 4.78 is 18.4. The molecule has 0 aliphatic rings. The molecule has 0 aliphatic carbocycles. The molecule has 0 fully saturated rings. The van der Waals surface area contributed by atoms with Crippen LogP contribution in [0.2, 0.25) is 0 Å². The van der Waals surface area contributed by atoms with Crippen LogP contribution >= 0.6 is 0 Å². The van der Waals surface area contributed by atoms with Crippen molar-refractivity contribution in [3.63, 3.8) is 0 Å². The van der Waals surface area contributed by atoms with E-state index in [0.29, 0.717) is 22.6 Å². The van der Waals surface area contributed by atoms with Gasteiger partial charge in [0.25, 0.3) is 5.91 Å². The lowest BCUT2D eigenvalue weighted by Gasteiger charge is -2.24. The number of ether oxygens (including phenoxy) is 1. The van der Waals surface area contributed by atoms with E-state index < -0.39 is 5.82 Å². The summed E-state index contributed by atoms with van der Waals surface area (Å²) in [5.74, 6) is 2.24. The van der Waals surface area contributed by atoms with Crippen LogP contribution in [0.3, 0.4) is 0 Å². The minimum absolute atomic E-state index is 0.276. The van der Waals surface area contributed by atoms with Gasteiger partial charge < -0.3 is 4.74 Å². The molecule has 27 heavy (non-hydrogen) atoms. The van der Waals surface area contributed by atoms with E-state index in [-0.39, 0.29) is 11.6 Å². The highest BCUT2D eigenvalue weighted by atomic mass is 19.1. The Hall–Kier alpha value is -3.69. The van der Waals surface area contributed by atoms with Crippen LogP contribution in [-0.4, -0.2) is 18.9 Å². The third kappa shape index (κ3) is 3.94. The molecule has 0 saturated heterocycles. The largest absolute Gasteiger partial charge is 0.497 e. The predicted octanol–water partition coefficient (Wildman–Crippen LogP) is 4.77. The summed E-state index contributed by atoms with van der Waals surface area (Å²) in [5.41, 5.74) is 1.79. The smallest absolute Gasteiger partial charge is 0.263 e. The van der Waals surface area contributed by atoms with E-state index >= 15 is 0 Å². The first-order valence-corrected chi connectivity index (χ1v) is 8.23. The first-order chi connectivity index (χ1) is 13.1.